The standard InChI is InChI=1S/C54H34N2/c1-2-14-35(15-3-1)36-16-12-17-38(32-36)55-50-25-10-8-22-46(50)49-33-37(28-31-52(49)55)40-24-13-27-53-54(40)47-23-9-11-26-51(47)56(53)39-29-30-45-43-20-5-4-18-41(43)42-19-6-7-21-44(42)48(45)34-39/h1-34H. The number of hydrogen-bond donors (Lipinski definition) is 0. The lowest BCUT2D eigenvalue weighted by Gasteiger charge is -2.14. The highest BCUT2D eigenvalue weighted by Crippen LogP contribution is 2.43. The second-order valence-electron chi connectivity index (χ2n) is 14.9. The van der Waals surface area contributed by atoms with E-state index in [-0.39, 0.29) is 0 Å². The van der Waals surface area contributed by atoms with Gasteiger partial charge in [0.05, 0.1) is 22.1 Å². The van der Waals surface area contributed by atoms with Gasteiger partial charge in [-0.3, -0.25) is 0 Å². The molecule has 0 aliphatic carbocycles. The van der Waals surface area contributed by atoms with Crippen LogP contribution in [-0.4, -0.2) is 9.13 Å². The van der Waals surface area contributed by atoms with Gasteiger partial charge in [0, 0.05) is 32.9 Å². The molecule has 0 atom stereocenters. The third-order valence-corrected chi connectivity index (χ3v) is 11.9. The number of nitrogens with zero attached hydrogens (tertiary/aromatic N) is 2. The molecule has 0 bridgehead atoms. The van der Waals surface area contributed by atoms with E-state index in [0.29, 0.717) is 0 Å². The highest BCUT2D eigenvalue weighted by molar-refractivity contribution is 6.26. The van der Waals surface area contributed by atoms with Gasteiger partial charge in [0.2, 0.25) is 0 Å². The Labute approximate surface area is 323 Å². The van der Waals surface area contributed by atoms with Crippen molar-refractivity contribution in [2.45, 2.75) is 0 Å². The normalized spacial score (nSPS) is 11.9. The van der Waals surface area contributed by atoms with Crippen LogP contribution in [0.1, 0.15) is 0 Å². The first-order valence-electron chi connectivity index (χ1n) is 19.4. The van der Waals surface area contributed by atoms with E-state index in [1.54, 1.807) is 0 Å². The third kappa shape index (κ3) is 4.50. The molecule has 0 amide bonds. The van der Waals surface area contributed by atoms with Crippen molar-refractivity contribution in [3.63, 3.8) is 0 Å². The number of benzene rings is 10. The number of hydrogen-bond acceptors (Lipinski definition) is 0. The summed E-state index contributed by atoms with van der Waals surface area (Å²) in [4.78, 5) is 0. The first kappa shape index (κ1) is 31.0. The maximum absolute atomic E-state index is 2.46. The van der Waals surface area contributed by atoms with Crippen molar-refractivity contribution in [2.24, 2.45) is 0 Å². The summed E-state index contributed by atoms with van der Waals surface area (Å²) in [6, 6.07) is 75.7. The van der Waals surface area contributed by atoms with E-state index in [0.717, 1.165) is 11.4 Å². The van der Waals surface area contributed by atoms with Crippen molar-refractivity contribution < 1.29 is 0 Å². The summed E-state index contributed by atoms with van der Waals surface area (Å²) in [5, 5.41) is 12.7. The SMILES string of the molecule is c1ccc(-c2cccc(-n3c4ccccc4c4cc(-c5cccc6c5c5ccccc5n6-c5ccc6c7ccccc7c7ccccc7c6c5)ccc43)c2)cc1. The molecule has 0 spiro atoms. The minimum absolute atomic E-state index is 1.16. The van der Waals surface area contributed by atoms with Gasteiger partial charge in [-0.15, -0.1) is 0 Å². The zero-order valence-electron chi connectivity index (χ0n) is 30.5. The summed E-state index contributed by atoms with van der Waals surface area (Å²) in [5.74, 6) is 0. The molecule has 10 aromatic carbocycles. The molecule has 0 aliphatic rings. The molecule has 0 saturated carbocycles. The predicted octanol–water partition coefficient (Wildman–Crippen LogP) is 14.7. The average Bonchev–Trinajstić information content (AvgIpc) is 3.79. The highest BCUT2D eigenvalue weighted by Gasteiger charge is 2.19. The van der Waals surface area contributed by atoms with Gasteiger partial charge in [-0.05, 0) is 109 Å². The van der Waals surface area contributed by atoms with Gasteiger partial charge >= 0.3 is 0 Å². The molecule has 0 N–H and O–H groups in total. The zero-order chi connectivity index (χ0) is 36.7. The smallest absolute Gasteiger partial charge is 0.0547 e. The Morgan fingerprint density at radius 2 is 0.750 bits per heavy atom. The molecule has 0 aliphatic heterocycles. The van der Waals surface area contributed by atoms with E-state index >= 15 is 0 Å². The van der Waals surface area contributed by atoms with E-state index in [2.05, 4.69) is 215 Å². The number of para-hydroxylation sites is 2. The van der Waals surface area contributed by atoms with Crippen molar-refractivity contribution in [3.8, 4) is 33.6 Å². The van der Waals surface area contributed by atoms with E-state index in [4.69, 9.17) is 0 Å². The minimum Gasteiger partial charge on any atom is -0.309 e. The molecule has 260 valence electrons. The van der Waals surface area contributed by atoms with Gasteiger partial charge < -0.3 is 9.13 Å². The van der Waals surface area contributed by atoms with Crippen molar-refractivity contribution in [1.29, 1.82) is 0 Å². The van der Waals surface area contributed by atoms with Crippen LogP contribution in [0, 0.1) is 0 Å². The summed E-state index contributed by atoms with van der Waals surface area (Å²) in [7, 11) is 0. The average molecular weight is 711 g/mol. The minimum atomic E-state index is 1.16. The van der Waals surface area contributed by atoms with Crippen LogP contribution in [0.3, 0.4) is 0 Å². The van der Waals surface area contributed by atoms with Gasteiger partial charge in [-0.25, -0.2) is 0 Å². The molecule has 2 aromatic heterocycles. The highest BCUT2D eigenvalue weighted by atomic mass is 15.0. The first-order valence-corrected chi connectivity index (χ1v) is 19.4. The zero-order valence-corrected chi connectivity index (χ0v) is 30.5. The van der Waals surface area contributed by atoms with E-state index in [1.165, 1.54) is 98.2 Å². The second kappa shape index (κ2) is 12.0. The summed E-state index contributed by atoms with van der Waals surface area (Å²) in [6.07, 6.45) is 0. The molecule has 12 rings (SSSR count). The molecular weight excluding hydrogens is 677 g/mol. The Bertz CT molecular complexity index is 3490. The lowest BCUT2D eigenvalue weighted by atomic mass is 9.94. The van der Waals surface area contributed by atoms with Crippen molar-refractivity contribution in [1.82, 2.24) is 9.13 Å². The largest absolute Gasteiger partial charge is 0.309 e. The van der Waals surface area contributed by atoms with Crippen molar-refractivity contribution in [3.05, 3.63) is 206 Å². The second-order valence-corrected chi connectivity index (χ2v) is 14.9. The van der Waals surface area contributed by atoms with Crippen LogP contribution >= 0.6 is 0 Å². The van der Waals surface area contributed by atoms with Gasteiger partial charge in [0.15, 0.2) is 0 Å². The summed E-state index contributed by atoms with van der Waals surface area (Å²) in [5.41, 5.74) is 12.0. The van der Waals surface area contributed by atoms with Gasteiger partial charge in [0.25, 0.3) is 0 Å². The summed E-state index contributed by atoms with van der Waals surface area (Å²) in [6.45, 7) is 0. The van der Waals surface area contributed by atoms with Gasteiger partial charge in [-0.2, -0.15) is 0 Å². The van der Waals surface area contributed by atoms with Crippen molar-refractivity contribution >= 4 is 75.9 Å². The summed E-state index contributed by atoms with van der Waals surface area (Å²) >= 11 is 0. The number of aromatic nitrogens is 2. The summed E-state index contributed by atoms with van der Waals surface area (Å²) < 4.78 is 4.88. The Hall–Kier alpha value is -7.42. The van der Waals surface area contributed by atoms with Crippen LogP contribution in [0.15, 0.2) is 206 Å². The van der Waals surface area contributed by atoms with Crippen LogP contribution in [0.4, 0.5) is 0 Å². The fourth-order valence-corrected chi connectivity index (χ4v) is 9.45. The molecular formula is C54H34N2. The number of rotatable bonds is 4. The van der Waals surface area contributed by atoms with E-state index in [1.807, 2.05) is 0 Å². The van der Waals surface area contributed by atoms with Crippen molar-refractivity contribution in [2.75, 3.05) is 0 Å². The molecule has 0 radical (unpaired) electrons. The van der Waals surface area contributed by atoms with E-state index in [9.17, 15) is 0 Å². The molecule has 2 heteroatoms. The fourth-order valence-electron chi connectivity index (χ4n) is 9.45. The Kier molecular flexibility index (Phi) is 6.66. The third-order valence-electron chi connectivity index (χ3n) is 11.9. The quantitative estimate of drug-likeness (QED) is 0.161. The van der Waals surface area contributed by atoms with Crippen LogP contribution in [0.2, 0.25) is 0 Å². The van der Waals surface area contributed by atoms with Crippen LogP contribution < -0.4 is 0 Å². The Balaban J connectivity index is 1.07. The molecule has 2 nitrogen and oxygen atoms in total. The van der Waals surface area contributed by atoms with Gasteiger partial charge in [0.1, 0.15) is 0 Å². The lowest BCUT2D eigenvalue weighted by Crippen LogP contribution is -1.95. The Morgan fingerprint density at radius 1 is 0.232 bits per heavy atom. The lowest BCUT2D eigenvalue weighted by molar-refractivity contribution is 1.18. The van der Waals surface area contributed by atoms with Crippen LogP contribution in [-0.2, 0) is 0 Å². The predicted molar refractivity (Wildman–Crippen MR) is 239 cm³/mol. The van der Waals surface area contributed by atoms with Gasteiger partial charge in [-0.1, -0.05) is 152 Å². The molecule has 0 fully saturated rings. The van der Waals surface area contributed by atoms with Crippen LogP contribution in [0.25, 0.3) is 110 Å². The molecule has 56 heavy (non-hydrogen) atoms. The molecule has 0 saturated heterocycles. The number of fused-ring (bicyclic) bond motifs is 12. The van der Waals surface area contributed by atoms with E-state index < -0.39 is 0 Å². The maximum Gasteiger partial charge on any atom is 0.0547 e. The maximum atomic E-state index is 2.46. The molecule has 12 aromatic rings. The molecule has 2 heterocycles. The molecule has 0 unspecified atom stereocenters. The fraction of sp³-hybridized carbons (Fsp3) is 0. The monoisotopic (exact) mass is 710 g/mol. The van der Waals surface area contributed by atoms with Crippen LogP contribution in [0.5, 0.6) is 0 Å². The first-order chi connectivity index (χ1) is 27.8. The Morgan fingerprint density at radius 3 is 1.50 bits per heavy atom. The topological polar surface area (TPSA) is 9.86 Å².